The minimum Gasteiger partial charge on any atom is -0.461 e. The van der Waals surface area contributed by atoms with Crippen LogP contribution in [0.1, 0.15) is 22.4 Å². The van der Waals surface area contributed by atoms with Gasteiger partial charge in [-0.15, -0.1) is 16.3 Å². The summed E-state index contributed by atoms with van der Waals surface area (Å²) in [5.74, 6) is -0.412. The van der Waals surface area contributed by atoms with E-state index in [9.17, 15) is 4.79 Å². The maximum atomic E-state index is 11.3. The van der Waals surface area contributed by atoms with E-state index >= 15 is 0 Å². The molecular weight excluding hydrogens is 232 g/mol. The van der Waals surface area contributed by atoms with Crippen LogP contribution >= 0.6 is 11.3 Å². The predicted molar refractivity (Wildman–Crippen MR) is 56.0 cm³/mol. The molecule has 2 rings (SSSR count). The molecule has 0 spiro atoms. The summed E-state index contributed by atoms with van der Waals surface area (Å²) in [6.07, 6.45) is 1.71. The zero-order valence-electron chi connectivity index (χ0n) is 8.80. The van der Waals surface area contributed by atoms with Crippen molar-refractivity contribution >= 4 is 23.0 Å². The highest BCUT2D eigenvalue weighted by molar-refractivity contribution is 7.11. The Morgan fingerprint density at radius 2 is 2.44 bits per heavy atom. The van der Waals surface area contributed by atoms with Gasteiger partial charge in [-0.05, 0) is 6.92 Å². The van der Waals surface area contributed by atoms with Crippen molar-refractivity contribution in [2.24, 2.45) is 0 Å². The second kappa shape index (κ2) is 4.60. The van der Waals surface area contributed by atoms with Crippen molar-refractivity contribution in [3.05, 3.63) is 22.3 Å². The van der Waals surface area contributed by atoms with Crippen molar-refractivity contribution < 1.29 is 19.4 Å². The third kappa shape index (κ3) is 2.21. The van der Waals surface area contributed by atoms with E-state index in [-0.39, 0.29) is 0 Å². The Morgan fingerprint density at radius 1 is 1.62 bits per heavy atom. The molecule has 0 fully saturated rings. The number of hydrogen-bond acceptors (Lipinski definition) is 7. The summed E-state index contributed by atoms with van der Waals surface area (Å²) in [5, 5.41) is 3.77. The van der Waals surface area contributed by atoms with Crippen LogP contribution in [0.25, 0.3) is 5.70 Å². The molecule has 6 nitrogen and oxygen atoms in total. The number of carbonyl (C=O) groups excluding carboxylic acids is 1. The molecule has 1 aliphatic rings. The lowest BCUT2D eigenvalue weighted by Crippen LogP contribution is -2.05. The molecule has 0 aromatic carbocycles. The highest BCUT2D eigenvalue weighted by Crippen LogP contribution is 2.34. The zero-order chi connectivity index (χ0) is 11.5. The van der Waals surface area contributed by atoms with Gasteiger partial charge in [0.1, 0.15) is 10.7 Å². The van der Waals surface area contributed by atoms with Crippen molar-refractivity contribution in [3.63, 3.8) is 0 Å². The fourth-order valence-corrected chi connectivity index (χ4v) is 1.85. The SMILES string of the molecule is CCOC(=O)c1csc(C2=CN2OOC)n1. The van der Waals surface area contributed by atoms with Gasteiger partial charge in [0.15, 0.2) is 5.69 Å². The van der Waals surface area contributed by atoms with Crippen molar-refractivity contribution in [3.8, 4) is 0 Å². The highest BCUT2D eigenvalue weighted by atomic mass is 32.1. The van der Waals surface area contributed by atoms with Gasteiger partial charge >= 0.3 is 5.97 Å². The summed E-state index contributed by atoms with van der Waals surface area (Å²) < 4.78 is 4.83. The van der Waals surface area contributed by atoms with E-state index in [0.717, 1.165) is 5.70 Å². The van der Waals surface area contributed by atoms with Crippen LogP contribution in [0.2, 0.25) is 0 Å². The van der Waals surface area contributed by atoms with E-state index in [1.165, 1.54) is 23.5 Å². The van der Waals surface area contributed by atoms with Gasteiger partial charge in [0.25, 0.3) is 0 Å². The Kier molecular flexibility index (Phi) is 3.18. The van der Waals surface area contributed by atoms with Gasteiger partial charge < -0.3 is 4.74 Å². The number of esters is 1. The standard InChI is InChI=1S/C9H10N2O4S/c1-3-14-9(12)6-5-16-8(10-6)7-4-11(7)15-13-2/h4-5H,3H2,1-2H3. The van der Waals surface area contributed by atoms with Crippen LogP contribution < -0.4 is 0 Å². The van der Waals surface area contributed by atoms with Crippen LogP contribution in [-0.2, 0) is 14.6 Å². The average molecular weight is 242 g/mol. The summed E-state index contributed by atoms with van der Waals surface area (Å²) in [6, 6.07) is 0. The van der Waals surface area contributed by atoms with E-state index in [2.05, 4.69) is 9.87 Å². The molecule has 86 valence electrons. The molecule has 1 aromatic heterocycles. The number of thiazole rings is 1. The van der Waals surface area contributed by atoms with Crippen molar-refractivity contribution in [2.75, 3.05) is 13.7 Å². The van der Waals surface area contributed by atoms with Crippen LogP contribution in [0.5, 0.6) is 0 Å². The molecule has 0 saturated heterocycles. The first-order valence-corrected chi connectivity index (χ1v) is 5.49. The second-order valence-electron chi connectivity index (χ2n) is 2.84. The molecule has 7 heteroatoms. The summed E-state index contributed by atoms with van der Waals surface area (Å²) in [4.78, 5) is 24.7. The number of rotatable bonds is 5. The van der Waals surface area contributed by atoms with Gasteiger partial charge in [-0.1, -0.05) is 0 Å². The van der Waals surface area contributed by atoms with Gasteiger partial charge in [0.05, 0.1) is 19.9 Å². The lowest BCUT2D eigenvalue weighted by molar-refractivity contribution is -0.362. The molecule has 0 N–H and O–H groups in total. The van der Waals surface area contributed by atoms with Gasteiger partial charge in [0, 0.05) is 5.38 Å². The Labute approximate surface area is 95.9 Å². The van der Waals surface area contributed by atoms with Crippen LogP contribution in [0.4, 0.5) is 0 Å². The number of hydrogen-bond donors (Lipinski definition) is 0. The van der Waals surface area contributed by atoms with Crippen molar-refractivity contribution in [1.29, 1.82) is 0 Å². The Hall–Kier alpha value is -1.44. The molecule has 0 bridgehead atoms. The largest absolute Gasteiger partial charge is 0.461 e. The first-order chi connectivity index (χ1) is 7.76. The average Bonchev–Trinajstić information content (AvgIpc) is 2.86. The van der Waals surface area contributed by atoms with E-state index in [4.69, 9.17) is 9.73 Å². The van der Waals surface area contributed by atoms with Gasteiger partial charge in [-0.3, -0.25) is 0 Å². The zero-order valence-corrected chi connectivity index (χ0v) is 9.61. The summed E-state index contributed by atoms with van der Waals surface area (Å²) >= 11 is 1.35. The predicted octanol–water partition coefficient (Wildman–Crippen LogP) is 1.43. The number of hydroxylamine groups is 2. The summed E-state index contributed by atoms with van der Waals surface area (Å²) in [6.45, 7) is 2.09. The number of carbonyl (C=O) groups is 1. The van der Waals surface area contributed by atoms with E-state index in [1.54, 1.807) is 18.5 Å². The third-order valence-electron chi connectivity index (χ3n) is 1.77. The maximum absolute atomic E-state index is 11.3. The Bertz CT molecular complexity index is 429. The molecule has 1 aliphatic heterocycles. The van der Waals surface area contributed by atoms with Crippen molar-refractivity contribution in [1.82, 2.24) is 10.0 Å². The smallest absolute Gasteiger partial charge is 0.357 e. The second-order valence-corrected chi connectivity index (χ2v) is 3.70. The van der Waals surface area contributed by atoms with Gasteiger partial charge in [-0.2, -0.15) is 5.06 Å². The fourth-order valence-electron chi connectivity index (χ4n) is 1.06. The fraction of sp³-hybridized carbons (Fsp3) is 0.333. The number of aromatic nitrogens is 1. The number of ether oxygens (including phenoxy) is 1. The highest BCUT2D eigenvalue weighted by Gasteiger charge is 2.28. The summed E-state index contributed by atoms with van der Waals surface area (Å²) in [5.41, 5.74) is 1.09. The normalized spacial score (nSPS) is 13.6. The topological polar surface area (TPSA) is 60.7 Å². The Balaban J connectivity index is 1.99. The van der Waals surface area contributed by atoms with Crippen LogP contribution in [0, 0.1) is 0 Å². The van der Waals surface area contributed by atoms with Crippen LogP contribution in [0.3, 0.4) is 0 Å². The Morgan fingerprint density at radius 3 is 3.12 bits per heavy atom. The molecule has 2 heterocycles. The first-order valence-electron chi connectivity index (χ1n) is 4.61. The lowest BCUT2D eigenvalue weighted by Gasteiger charge is -1.99. The molecule has 0 aliphatic carbocycles. The molecular formula is C9H10N2O4S. The lowest BCUT2D eigenvalue weighted by atomic mass is 10.5. The maximum Gasteiger partial charge on any atom is 0.357 e. The molecule has 0 atom stereocenters. The van der Waals surface area contributed by atoms with Gasteiger partial charge in [-0.25, -0.2) is 14.7 Å². The van der Waals surface area contributed by atoms with Crippen molar-refractivity contribution in [2.45, 2.75) is 6.92 Å². The molecule has 1 aromatic rings. The molecule has 0 saturated carbocycles. The molecule has 16 heavy (non-hydrogen) atoms. The van der Waals surface area contributed by atoms with Crippen LogP contribution in [0.15, 0.2) is 11.6 Å². The van der Waals surface area contributed by atoms with E-state index < -0.39 is 5.97 Å². The van der Waals surface area contributed by atoms with Crippen LogP contribution in [-0.4, -0.2) is 29.7 Å². The monoisotopic (exact) mass is 242 g/mol. The first kappa shape index (κ1) is 11.1. The van der Waals surface area contributed by atoms with E-state index in [0.29, 0.717) is 17.3 Å². The third-order valence-corrected chi connectivity index (χ3v) is 2.64. The molecule has 0 radical (unpaired) electrons. The minimum absolute atomic E-state index is 0.312. The van der Waals surface area contributed by atoms with Gasteiger partial charge in [0.2, 0.25) is 0 Å². The van der Waals surface area contributed by atoms with E-state index in [1.807, 2.05) is 0 Å². The number of nitrogens with zero attached hydrogens (tertiary/aromatic N) is 2. The molecule has 0 unspecified atom stereocenters. The molecule has 0 amide bonds. The quantitative estimate of drug-likeness (QED) is 0.442. The summed E-state index contributed by atoms with van der Waals surface area (Å²) in [7, 11) is 1.41. The minimum atomic E-state index is -0.412.